The maximum Gasteiger partial charge on any atom is 0.416 e. The van der Waals surface area contributed by atoms with Crippen LogP contribution in [-0.2, 0) is 11.7 Å². The minimum absolute atomic E-state index is 0.147. The first-order valence-corrected chi connectivity index (χ1v) is 5.80. The van der Waals surface area contributed by atoms with Crippen LogP contribution in [0.15, 0.2) is 24.4 Å². The van der Waals surface area contributed by atoms with Gasteiger partial charge in [0.1, 0.15) is 0 Å². The van der Waals surface area contributed by atoms with Crippen molar-refractivity contribution < 1.29 is 13.2 Å². The zero-order chi connectivity index (χ0) is 13.7. The molecule has 0 N–H and O–H groups in total. The van der Waals surface area contributed by atoms with Crippen LogP contribution in [0, 0.1) is 6.92 Å². The summed E-state index contributed by atoms with van der Waals surface area (Å²) in [7, 11) is 0. The molecule has 0 aliphatic heterocycles. The van der Waals surface area contributed by atoms with E-state index in [-0.39, 0.29) is 5.54 Å². The zero-order valence-corrected chi connectivity index (χ0v) is 10.9. The number of hydrogen-bond acceptors (Lipinski definition) is 0. The van der Waals surface area contributed by atoms with E-state index in [1.807, 2.05) is 38.5 Å². The molecule has 0 aliphatic carbocycles. The summed E-state index contributed by atoms with van der Waals surface area (Å²) in [5, 5.41) is 0.666. The molecule has 0 radical (unpaired) electrons. The number of alkyl halides is 3. The van der Waals surface area contributed by atoms with Crippen LogP contribution < -0.4 is 0 Å². The number of hydrogen-bond donors (Lipinski definition) is 0. The Kier molecular flexibility index (Phi) is 2.72. The lowest BCUT2D eigenvalue weighted by Crippen LogP contribution is -2.20. The van der Waals surface area contributed by atoms with E-state index in [2.05, 4.69) is 0 Å². The van der Waals surface area contributed by atoms with Crippen LogP contribution >= 0.6 is 0 Å². The highest BCUT2D eigenvalue weighted by Gasteiger charge is 2.31. The molecular formula is C14H16F3N. The Morgan fingerprint density at radius 3 is 2.17 bits per heavy atom. The minimum Gasteiger partial charge on any atom is -0.342 e. The maximum atomic E-state index is 12.7. The molecule has 0 saturated heterocycles. The summed E-state index contributed by atoms with van der Waals surface area (Å²) in [5.41, 5.74) is 0.968. The minimum atomic E-state index is -4.29. The Hall–Kier alpha value is -1.45. The fraction of sp³-hybridized carbons (Fsp3) is 0.429. The molecule has 1 heterocycles. The lowest BCUT2D eigenvalue weighted by molar-refractivity contribution is -0.137. The molecule has 1 aromatic carbocycles. The first kappa shape index (κ1) is 13.0. The SMILES string of the molecule is Cc1cn(C(C)(C)C)c2ccc(C(F)(F)F)cc12. The van der Waals surface area contributed by atoms with Crippen LogP contribution in [0.4, 0.5) is 13.2 Å². The van der Waals surface area contributed by atoms with Crippen molar-refractivity contribution in [2.24, 2.45) is 0 Å². The zero-order valence-electron chi connectivity index (χ0n) is 10.9. The highest BCUT2D eigenvalue weighted by Crippen LogP contribution is 2.34. The van der Waals surface area contributed by atoms with Crippen molar-refractivity contribution in [3.05, 3.63) is 35.5 Å². The topological polar surface area (TPSA) is 4.93 Å². The monoisotopic (exact) mass is 255 g/mol. The van der Waals surface area contributed by atoms with Gasteiger partial charge in [-0.25, -0.2) is 0 Å². The van der Waals surface area contributed by atoms with E-state index in [4.69, 9.17) is 0 Å². The summed E-state index contributed by atoms with van der Waals surface area (Å²) in [4.78, 5) is 0. The van der Waals surface area contributed by atoms with Gasteiger partial charge in [-0.3, -0.25) is 0 Å². The van der Waals surface area contributed by atoms with Gasteiger partial charge in [-0.15, -0.1) is 0 Å². The molecular weight excluding hydrogens is 239 g/mol. The summed E-state index contributed by atoms with van der Waals surface area (Å²) in [6, 6.07) is 3.92. The predicted molar refractivity (Wildman–Crippen MR) is 66.7 cm³/mol. The molecule has 4 heteroatoms. The third-order valence-electron chi connectivity index (χ3n) is 3.05. The van der Waals surface area contributed by atoms with E-state index in [0.717, 1.165) is 17.1 Å². The molecule has 0 unspecified atom stereocenters. The van der Waals surface area contributed by atoms with E-state index in [1.165, 1.54) is 6.07 Å². The molecule has 0 aliphatic rings. The Bertz CT molecular complexity index is 585. The molecule has 0 atom stereocenters. The summed E-state index contributed by atoms with van der Waals surface area (Å²) in [5.74, 6) is 0. The second-order valence-electron chi connectivity index (χ2n) is 5.58. The molecule has 0 saturated carbocycles. The Labute approximate surface area is 104 Å². The van der Waals surface area contributed by atoms with Gasteiger partial charge in [0.25, 0.3) is 0 Å². The van der Waals surface area contributed by atoms with Gasteiger partial charge >= 0.3 is 6.18 Å². The van der Waals surface area contributed by atoms with E-state index in [0.29, 0.717) is 5.39 Å². The number of halogens is 3. The normalized spacial score (nSPS) is 13.3. The number of nitrogens with zero attached hydrogens (tertiary/aromatic N) is 1. The van der Waals surface area contributed by atoms with Crippen molar-refractivity contribution in [2.75, 3.05) is 0 Å². The molecule has 2 rings (SSSR count). The largest absolute Gasteiger partial charge is 0.416 e. The van der Waals surface area contributed by atoms with E-state index < -0.39 is 11.7 Å². The van der Waals surface area contributed by atoms with Crippen molar-refractivity contribution in [3.8, 4) is 0 Å². The Morgan fingerprint density at radius 1 is 1.06 bits per heavy atom. The lowest BCUT2D eigenvalue weighted by Gasteiger charge is -2.22. The number of fused-ring (bicyclic) bond motifs is 1. The maximum absolute atomic E-state index is 12.7. The highest BCUT2D eigenvalue weighted by atomic mass is 19.4. The molecule has 0 bridgehead atoms. The van der Waals surface area contributed by atoms with Crippen molar-refractivity contribution in [3.63, 3.8) is 0 Å². The van der Waals surface area contributed by atoms with Crippen LogP contribution in [0.1, 0.15) is 31.9 Å². The molecule has 0 fully saturated rings. The summed E-state index contributed by atoms with van der Waals surface area (Å²) in [6.07, 6.45) is -2.38. The smallest absolute Gasteiger partial charge is 0.342 e. The predicted octanol–water partition coefficient (Wildman–Crippen LogP) is 4.72. The second kappa shape index (κ2) is 3.77. The first-order chi connectivity index (χ1) is 8.10. The number of aromatic nitrogens is 1. The van der Waals surface area contributed by atoms with Gasteiger partial charge in [-0.2, -0.15) is 13.2 Å². The lowest BCUT2D eigenvalue weighted by atomic mass is 10.1. The van der Waals surface area contributed by atoms with Crippen molar-refractivity contribution in [2.45, 2.75) is 39.4 Å². The molecule has 2 aromatic rings. The van der Waals surface area contributed by atoms with Crippen molar-refractivity contribution in [1.29, 1.82) is 0 Å². The molecule has 1 nitrogen and oxygen atoms in total. The van der Waals surface area contributed by atoms with E-state index in [1.54, 1.807) is 6.07 Å². The molecule has 1 aromatic heterocycles. The van der Waals surface area contributed by atoms with Crippen LogP contribution in [0.2, 0.25) is 0 Å². The first-order valence-electron chi connectivity index (χ1n) is 5.80. The van der Waals surface area contributed by atoms with Gasteiger partial charge in [0.2, 0.25) is 0 Å². The number of aryl methyl sites for hydroxylation is 1. The Balaban J connectivity index is 2.71. The average molecular weight is 255 g/mol. The van der Waals surface area contributed by atoms with Crippen LogP contribution in [0.5, 0.6) is 0 Å². The standard InChI is InChI=1S/C14H16F3N/c1-9-8-18(13(2,3)4)12-6-5-10(7-11(9)12)14(15,16)17/h5-8H,1-4H3. The molecule has 18 heavy (non-hydrogen) atoms. The van der Waals surface area contributed by atoms with Gasteiger partial charge in [0.15, 0.2) is 0 Å². The van der Waals surface area contributed by atoms with Crippen LogP contribution in [0.3, 0.4) is 0 Å². The number of rotatable bonds is 0. The molecule has 98 valence electrons. The van der Waals surface area contributed by atoms with Gasteiger partial charge in [-0.05, 0) is 51.5 Å². The van der Waals surface area contributed by atoms with Crippen LogP contribution in [0.25, 0.3) is 10.9 Å². The van der Waals surface area contributed by atoms with E-state index in [9.17, 15) is 13.2 Å². The summed E-state index contributed by atoms with van der Waals surface area (Å²) < 4.78 is 40.1. The van der Waals surface area contributed by atoms with E-state index >= 15 is 0 Å². The number of benzene rings is 1. The van der Waals surface area contributed by atoms with Gasteiger partial charge in [-0.1, -0.05) is 0 Å². The second-order valence-corrected chi connectivity index (χ2v) is 5.58. The average Bonchev–Trinajstić information content (AvgIpc) is 2.54. The fourth-order valence-corrected chi connectivity index (χ4v) is 2.13. The van der Waals surface area contributed by atoms with Crippen molar-refractivity contribution >= 4 is 10.9 Å². The van der Waals surface area contributed by atoms with Gasteiger partial charge < -0.3 is 4.57 Å². The summed E-state index contributed by atoms with van der Waals surface area (Å²) >= 11 is 0. The van der Waals surface area contributed by atoms with Crippen LogP contribution in [-0.4, -0.2) is 4.57 Å². The third kappa shape index (κ3) is 2.11. The van der Waals surface area contributed by atoms with Gasteiger partial charge in [0.05, 0.1) is 5.56 Å². The fourth-order valence-electron chi connectivity index (χ4n) is 2.13. The molecule has 0 amide bonds. The quantitative estimate of drug-likeness (QED) is 0.641. The molecule has 0 spiro atoms. The Morgan fingerprint density at radius 2 is 1.67 bits per heavy atom. The third-order valence-corrected chi connectivity index (χ3v) is 3.05. The highest BCUT2D eigenvalue weighted by molar-refractivity contribution is 5.84. The van der Waals surface area contributed by atoms with Crippen molar-refractivity contribution in [1.82, 2.24) is 4.57 Å². The summed E-state index contributed by atoms with van der Waals surface area (Å²) in [6.45, 7) is 7.93. The van der Waals surface area contributed by atoms with Gasteiger partial charge in [0, 0.05) is 22.6 Å².